The van der Waals surface area contributed by atoms with Crippen LogP contribution in [0.3, 0.4) is 0 Å². The fourth-order valence-electron chi connectivity index (χ4n) is 1.14. The van der Waals surface area contributed by atoms with Crippen LogP contribution in [0, 0.1) is 25.1 Å². The van der Waals surface area contributed by atoms with Gasteiger partial charge in [0.05, 0.1) is 6.16 Å². The molecule has 0 heterocycles. The van der Waals surface area contributed by atoms with Crippen molar-refractivity contribution in [2.45, 2.75) is 0 Å². The summed E-state index contributed by atoms with van der Waals surface area (Å²) in [5.74, 6) is 0. The van der Waals surface area contributed by atoms with E-state index in [4.69, 9.17) is 12.8 Å². The summed E-state index contributed by atoms with van der Waals surface area (Å²) in [5.41, 5.74) is 0.973. The van der Waals surface area contributed by atoms with Gasteiger partial charge in [-0.2, -0.15) is 0 Å². The highest BCUT2D eigenvalue weighted by Gasteiger charge is 2.23. The molecular formula is C13H11O3P. The Labute approximate surface area is 101 Å². The Morgan fingerprint density at radius 3 is 2.29 bits per heavy atom. The standard InChI is InChI=1S/C13H11O3P/c1-3-15-17(14,16-4-2)12-8-11-13-9-6-5-7-10-13/h1-2,5-11H,12H2/b11-8+. The van der Waals surface area contributed by atoms with Gasteiger partial charge in [-0.05, 0) is 5.56 Å². The van der Waals surface area contributed by atoms with Crippen LogP contribution in [0.5, 0.6) is 0 Å². The van der Waals surface area contributed by atoms with Crippen molar-refractivity contribution < 1.29 is 13.6 Å². The molecule has 1 aromatic carbocycles. The topological polar surface area (TPSA) is 35.5 Å². The number of hydrogen-bond acceptors (Lipinski definition) is 3. The Kier molecular flexibility index (Phi) is 4.95. The molecule has 17 heavy (non-hydrogen) atoms. The van der Waals surface area contributed by atoms with Crippen molar-refractivity contribution in [3.05, 3.63) is 42.0 Å². The van der Waals surface area contributed by atoms with Gasteiger partial charge in [-0.25, -0.2) is 4.57 Å². The molecule has 4 heteroatoms. The van der Waals surface area contributed by atoms with Crippen LogP contribution >= 0.6 is 7.60 Å². The van der Waals surface area contributed by atoms with E-state index in [-0.39, 0.29) is 6.16 Å². The maximum absolute atomic E-state index is 11.8. The van der Waals surface area contributed by atoms with Gasteiger partial charge in [-0.15, -0.1) is 0 Å². The van der Waals surface area contributed by atoms with Crippen LogP contribution in [0.15, 0.2) is 36.4 Å². The molecule has 0 bridgehead atoms. The highest BCUT2D eigenvalue weighted by molar-refractivity contribution is 7.54. The lowest BCUT2D eigenvalue weighted by Gasteiger charge is -2.08. The summed E-state index contributed by atoms with van der Waals surface area (Å²) in [6, 6.07) is 9.52. The smallest absolute Gasteiger partial charge is 0.362 e. The first kappa shape index (κ1) is 13.0. The minimum atomic E-state index is -3.42. The molecule has 0 aliphatic rings. The molecule has 0 fully saturated rings. The predicted octanol–water partition coefficient (Wildman–Crippen LogP) is 3.11. The second-order valence-corrected chi connectivity index (χ2v) is 4.98. The zero-order chi connectivity index (χ0) is 12.6. The van der Waals surface area contributed by atoms with Gasteiger partial charge in [0.25, 0.3) is 0 Å². The van der Waals surface area contributed by atoms with Crippen LogP contribution in [0.1, 0.15) is 5.56 Å². The van der Waals surface area contributed by atoms with Crippen LogP contribution in [0.25, 0.3) is 6.08 Å². The quantitative estimate of drug-likeness (QED) is 0.591. The van der Waals surface area contributed by atoms with E-state index in [1.807, 2.05) is 42.5 Å². The molecule has 0 aromatic heterocycles. The van der Waals surface area contributed by atoms with E-state index in [2.05, 4.69) is 9.05 Å². The summed E-state index contributed by atoms with van der Waals surface area (Å²) < 4.78 is 21.0. The number of allylic oxidation sites excluding steroid dienone is 1. The monoisotopic (exact) mass is 246 g/mol. The number of terminal acetylenes is 2. The molecule has 3 nitrogen and oxygen atoms in total. The van der Waals surface area contributed by atoms with Crippen molar-refractivity contribution in [3.63, 3.8) is 0 Å². The lowest BCUT2D eigenvalue weighted by molar-refractivity contribution is 0.358. The molecule has 0 atom stereocenters. The SMILES string of the molecule is C#COP(=O)(C/C=C/c1ccccc1)OC#C. The normalized spacial score (nSPS) is 10.5. The van der Waals surface area contributed by atoms with E-state index in [9.17, 15) is 4.57 Å². The lowest BCUT2D eigenvalue weighted by Crippen LogP contribution is -1.90. The molecule has 0 saturated heterocycles. The maximum Gasteiger partial charge on any atom is 0.450 e. The fourth-order valence-corrected chi connectivity index (χ4v) is 2.01. The van der Waals surface area contributed by atoms with Crippen LogP contribution in [-0.2, 0) is 13.6 Å². The highest BCUT2D eigenvalue weighted by Crippen LogP contribution is 2.47. The molecule has 0 aliphatic heterocycles. The van der Waals surface area contributed by atoms with E-state index in [1.165, 1.54) is 0 Å². The molecule has 0 aliphatic carbocycles. The summed E-state index contributed by atoms with van der Waals surface area (Å²) in [5, 5.41) is 0. The third-order valence-corrected chi connectivity index (χ3v) is 3.25. The fraction of sp³-hybridized carbons (Fsp3) is 0.0769. The van der Waals surface area contributed by atoms with Gasteiger partial charge in [-0.3, -0.25) is 0 Å². The Bertz CT molecular complexity index is 486. The first-order chi connectivity index (χ1) is 8.20. The molecule has 1 rings (SSSR count). The third kappa shape index (κ3) is 4.51. The van der Waals surface area contributed by atoms with Crippen LogP contribution in [-0.4, -0.2) is 6.16 Å². The summed E-state index contributed by atoms with van der Waals surface area (Å²) >= 11 is 0. The molecule has 0 radical (unpaired) electrons. The van der Waals surface area contributed by atoms with Crippen molar-refractivity contribution in [1.82, 2.24) is 0 Å². The second-order valence-electron chi connectivity index (χ2n) is 3.02. The van der Waals surface area contributed by atoms with Gasteiger partial charge >= 0.3 is 7.60 Å². The van der Waals surface area contributed by atoms with Crippen LogP contribution in [0.4, 0.5) is 0 Å². The highest BCUT2D eigenvalue weighted by atomic mass is 31.2. The molecule has 0 N–H and O–H groups in total. The molecule has 0 spiro atoms. The molecule has 0 unspecified atom stereocenters. The van der Waals surface area contributed by atoms with Crippen LogP contribution in [0.2, 0.25) is 0 Å². The first-order valence-corrected chi connectivity index (χ1v) is 6.52. The van der Waals surface area contributed by atoms with E-state index in [1.54, 1.807) is 12.2 Å². The molecule has 0 saturated carbocycles. The molecule has 0 amide bonds. The maximum atomic E-state index is 11.8. The van der Waals surface area contributed by atoms with Gasteiger partial charge in [0.15, 0.2) is 0 Å². The minimum Gasteiger partial charge on any atom is -0.362 e. The summed E-state index contributed by atoms with van der Waals surface area (Å²) in [6.07, 6.45) is 16.9. The predicted molar refractivity (Wildman–Crippen MR) is 67.8 cm³/mol. The van der Waals surface area contributed by atoms with Crippen molar-refractivity contribution >= 4 is 13.7 Å². The van der Waals surface area contributed by atoms with E-state index in [0.29, 0.717) is 0 Å². The summed E-state index contributed by atoms with van der Waals surface area (Å²) in [4.78, 5) is 0. The molecular weight excluding hydrogens is 235 g/mol. The van der Waals surface area contributed by atoms with Gasteiger partial charge < -0.3 is 9.05 Å². The third-order valence-electron chi connectivity index (χ3n) is 1.82. The Morgan fingerprint density at radius 1 is 1.18 bits per heavy atom. The average molecular weight is 246 g/mol. The second kappa shape index (κ2) is 6.48. The lowest BCUT2D eigenvalue weighted by atomic mass is 10.2. The Balaban J connectivity index is 2.66. The van der Waals surface area contributed by atoms with Crippen molar-refractivity contribution in [3.8, 4) is 25.1 Å². The van der Waals surface area contributed by atoms with Gasteiger partial charge in [0.1, 0.15) is 12.2 Å². The van der Waals surface area contributed by atoms with Gasteiger partial charge in [0, 0.05) is 0 Å². The van der Waals surface area contributed by atoms with E-state index >= 15 is 0 Å². The van der Waals surface area contributed by atoms with Crippen LogP contribution < -0.4 is 0 Å². The van der Waals surface area contributed by atoms with Gasteiger partial charge in [-0.1, -0.05) is 55.3 Å². The summed E-state index contributed by atoms with van der Waals surface area (Å²) in [6.45, 7) is 0. The van der Waals surface area contributed by atoms with E-state index < -0.39 is 7.60 Å². The number of benzene rings is 1. The van der Waals surface area contributed by atoms with Crippen molar-refractivity contribution in [2.75, 3.05) is 6.16 Å². The van der Waals surface area contributed by atoms with E-state index in [0.717, 1.165) is 5.56 Å². The Morgan fingerprint density at radius 2 is 1.76 bits per heavy atom. The zero-order valence-corrected chi connectivity index (χ0v) is 9.97. The number of rotatable bonds is 5. The van der Waals surface area contributed by atoms with Crippen molar-refractivity contribution in [2.24, 2.45) is 0 Å². The Hall–Kier alpha value is -2.09. The summed E-state index contributed by atoms with van der Waals surface area (Å²) in [7, 11) is -3.42. The average Bonchev–Trinajstić information content (AvgIpc) is 2.31. The van der Waals surface area contributed by atoms with Crippen molar-refractivity contribution in [1.29, 1.82) is 0 Å². The molecule has 86 valence electrons. The zero-order valence-electron chi connectivity index (χ0n) is 9.08. The minimum absolute atomic E-state index is 0.0241. The number of hydrogen-bond donors (Lipinski definition) is 0. The van der Waals surface area contributed by atoms with Gasteiger partial charge in [0.2, 0.25) is 0 Å². The largest absolute Gasteiger partial charge is 0.450 e. The first-order valence-electron chi connectivity index (χ1n) is 4.79. The molecule has 1 aromatic rings.